The third-order valence-electron chi connectivity index (χ3n) is 2.52. The van der Waals surface area contributed by atoms with E-state index in [4.69, 9.17) is 15.2 Å². The molecule has 0 aromatic heterocycles. The number of nitrogens with two attached hydrogens (primary N) is 1. The van der Waals surface area contributed by atoms with Crippen molar-refractivity contribution in [2.45, 2.75) is 18.4 Å². The summed E-state index contributed by atoms with van der Waals surface area (Å²) in [6.45, 7) is 3.20. The number of nitrogens with one attached hydrogen (secondary N) is 1. The quantitative estimate of drug-likeness (QED) is 0.679. The Morgan fingerprint density at radius 3 is 2.68 bits per heavy atom. The van der Waals surface area contributed by atoms with E-state index in [1.165, 1.54) is 19.2 Å². The van der Waals surface area contributed by atoms with Gasteiger partial charge in [-0.3, -0.25) is 0 Å². The van der Waals surface area contributed by atoms with Crippen molar-refractivity contribution in [2.24, 2.45) is 5.73 Å². The normalized spacial score (nSPS) is 11.5. The van der Waals surface area contributed by atoms with Crippen molar-refractivity contribution in [1.82, 2.24) is 4.72 Å². The minimum Gasteiger partial charge on any atom is -0.496 e. The van der Waals surface area contributed by atoms with E-state index in [1.54, 1.807) is 6.07 Å². The van der Waals surface area contributed by atoms with E-state index in [0.717, 1.165) is 0 Å². The fourth-order valence-electron chi connectivity index (χ4n) is 1.56. The Bertz CT molecular complexity index is 502. The van der Waals surface area contributed by atoms with Crippen molar-refractivity contribution in [3.05, 3.63) is 23.8 Å². The predicted molar refractivity (Wildman–Crippen MR) is 72.6 cm³/mol. The smallest absolute Gasteiger partial charge is 0.240 e. The zero-order valence-electron chi connectivity index (χ0n) is 11.2. The predicted octanol–water partition coefficient (Wildman–Crippen LogP) is 0.469. The second kappa shape index (κ2) is 7.44. The summed E-state index contributed by atoms with van der Waals surface area (Å²) in [4.78, 5) is 0.172. The van der Waals surface area contributed by atoms with Gasteiger partial charge in [-0.05, 0) is 25.1 Å². The topological polar surface area (TPSA) is 90.6 Å². The molecule has 1 aromatic rings. The van der Waals surface area contributed by atoms with E-state index in [-0.39, 0.29) is 18.0 Å². The molecule has 0 spiro atoms. The molecule has 1 rings (SSSR count). The van der Waals surface area contributed by atoms with Crippen LogP contribution in [-0.2, 0) is 21.3 Å². The highest BCUT2D eigenvalue weighted by Gasteiger charge is 2.15. The molecule has 0 bridgehead atoms. The minimum absolute atomic E-state index is 0.172. The van der Waals surface area contributed by atoms with Crippen LogP contribution in [0.15, 0.2) is 23.1 Å². The Hall–Kier alpha value is -1.15. The summed E-state index contributed by atoms with van der Waals surface area (Å²) in [5, 5.41) is 0. The molecule has 108 valence electrons. The molecule has 19 heavy (non-hydrogen) atoms. The molecule has 0 aliphatic rings. The van der Waals surface area contributed by atoms with E-state index >= 15 is 0 Å². The molecular formula is C12H20N2O4S. The van der Waals surface area contributed by atoms with Crippen LogP contribution in [0, 0.1) is 0 Å². The Morgan fingerprint density at radius 1 is 1.37 bits per heavy atom. The number of methoxy groups -OCH3 is 1. The molecular weight excluding hydrogens is 268 g/mol. The first-order chi connectivity index (χ1) is 9.05. The van der Waals surface area contributed by atoms with Gasteiger partial charge >= 0.3 is 0 Å². The lowest BCUT2D eigenvalue weighted by Gasteiger charge is -2.10. The number of benzene rings is 1. The fourth-order valence-corrected chi connectivity index (χ4v) is 2.62. The van der Waals surface area contributed by atoms with E-state index in [1.807, 2.05) is 6.92 Å². The maximum absolute atomic E-state index is 12.0. The van der Waals surface area contributed by atoms with Crippen LogP contribution in [-0.4, -0.2) is 35.3 Å². The Labute approximate surface area is 113 Å². The molecule has 3 N–H and O–H groups in total. The zero-order valence-corrected chi connectivity index (χ0v) is 12.0. The van der Waals surface area contributed by atoms with Gasteiger partial charge in [0.1, 0.15) is 5.75 Å². The summed E-state index contributed by atoms with van der Waals surface area (Å²) in [7, 11) is -2.02. The number of ether oxygens (including phenoxy) is 2. The van der Waals surface area contributed by atoms with Gasteiger partial charge in [0.2, 0.25) is 10.0 Å². The Morgan fingerprint density at radius 2 is 2.11 bits per heavy atom. The van der Waals surface area contributed by atoms with Gasteiger partial charge in [0, 0.05) is 25.3 Å². The van der Waals surface area contributed by atoms with Crippen molar-refractivity contribution >= 4 is 10.0 Å². The van der Waals surface area contributed by atoms with E-state index in [9.17, 15) is 8.42 Å². The van der Waals surface area contributed by atoms with Crippen molar-refractivity contribution < 1.29 is 17.9 Å². The summed E-state index contributed by atoms with van der Waals surface area (Å²) in [5.74, 6) is 0.579. The van der Waals surface area contributed by atoms with Gasteiger partial charge in [0.25, 0.3) is 0 Å². The molecule has 0 saturated carbocycles. The van der Waals surface area contributed by atoms with Crippen LogP contribution < -0.4 is 15.2 Å². The highest BCUT2D eigenvalue weighted by Crippen LogP contribution is 2.21. The number of hydrogen-bond donors (Lipinski definition) is 2. The van der Waals surface area contributed by atoms with Gasteiger partial charge < -0.3 is 15.2 Å². The molecule has 6 nitrogen and oxygen atoms in total. The SMILES string of the molecule is CCOCCNS(=O)(=O)c1ccc(OC)c(CN)c1. The lowest BCUT2D eigenvalue weighted by molar-refractivity contribution is 0.153. The largest absolute Gasteiger partial charge is 0.496 e. The molecule has 0 saturated heterocycles. The highest BCUT2D eigenvalue weighted by molar-refractivity contribution is 7.89. The zero-order chi connectivity index (χ0) is 14.3. The van der Waals surface area contributed by atoms with Crippen LogP contribution in [0.25, 0.3) is 0 Å². The van der Waals surface area contributed by atoms with E-state index in [0.29, 0.717) is 24.5 Å². The summed E-state index contributed by atoms with van der Waals surface area (Å²) >= 11 is 0. The lowest BCUT2D eigenvalue weighted by Crippen LogP contribution is -2.27. The van der Waals surface area contributed by atoms with Crippen molar-refractivity contribution in [3.63, 3.8) is 0 Å². The maximum atomic E-state index is 12.0. The van der Waals surface area contributed by atoms with Gasteiger partial charge in [-0.1, -0.05) is 0 Å². The molecule has 1 aromatic carbocycles. The van der Waals surface area contributed by atoms with Crippen molar-refractivity contribution in [3.8, 4) is 5.75 Å². The van der Waals surface area contributed by atoms with Crippen LogP contribution in [0.1, 0.15) is 12.5 Å². The van der Waals surface area contributed by atoms with Crippen molar-refractivity contribution in [1.29, 1.82) is 0 Å². The molecule has 0 heterocycles. The van der Waals surface area contributed by atoms with Crippen LogP contribution in [0.2, 0.25) is 0 Å². The lowest BCUT2D eigenvalue weighted by atomic mass is 10.2. The maximum Gasteiger partial charge on any atom is 0.240 e. The molecule has 0 unspecified atom stereocenters. The van der Waals surface area contributed by atoms with Crippen LogP contribution in [0.3, 0.4) is 0 Å². The monoisotopic (exact) mass is 288 g/mol. The molecule has 0 amide bonds. The van der Waals surface area contributed by atoms with Crippen LogP contribution in [0.5, 0.6) is 5.75 Å². The summed E-state index contributed by atoms with van der Waals surface area (Å²) in [6.07, 6.45) is 0. The van der Waals surface area contributed by atoms with Gasteiger partial charge in [-0.25, -0.2) is 13.1 Å². The highest BCUT2D eigenvalue weighted by atomic mass is 32.2. The summed E-state index contributed by atoms with van der Waals surface area (Å²) in [5.41, 5.74) is 6.21. The number of sulfonamides is 1. The second-order valence-corrected chi connectivity index (χ2v) is 5.54. The Balaban J connectivity index is 2.83. The molecule has 0 atom stereocenters. The summed E-state index contributed by atoms with van der Waals surface area (Å²) in [6, 6.07) is 4.60. The van der Waals surface area contributed by atoms with Crippen molar-refractivity contribution in [2.75, 3.05) is 26.9 Å². The van der Waals surface area contributed by atoms with E-state index < -0.39 is 10.0 Å². The second-order valence-electron chi connectivity index (χ2n) is 3.77. The van der Waals surface area contributed by atoms with Crippen LogP contribution >= 0.6 is 0 Å². The molecule has 0 aliphatic heterocycles. The van der Waals surface area contributed by atoms with Gasteiger partial charge in [-0.15, -0.1) is 0 Å². The van der Waals surface area contributed by atoms with Crippen LogP contribution in [0.4, 0.5) is 0 Å². The average Bonchev–Trinajstić information content (AvgIpc) is 2.42. The Kier molecular flexibility index (Phi) is 6.23. The first-order valence-corrected chi connectivity index (χ1v) is 7.47. The molecule has 0 radical (unpaired) electrons. The average molecular weight is 288 g/mol. The third-order valence-corrected chi connectivity index (χ3v) is 3.98. The molecule has 0 aliphatic carbocycles. The first kappa shape index (κ1) is 15.9. The third kappa shape index (κ3) is 4.46. The van der Waals surface area contributed by atoms with E-state index in [2.05, 4.69) is 4.72 Å². The minimum atomic E-state index is -3.54. The number of rotatable bonds is 8. The fraction of sp³-hybridized carbons (Fsp3) is 0.500. The molecule has 7 heteroatoms. The summed E-state index contributed by atoms with van der Waals surface area (Å²) < 4.78 is 36.7. The van der Waals surface area contributed by atoms with Gasteiger partial charge in [0.05, 0.1) is 18.6 Å². The van der Waals surface area contributed by atoms with Gasteiger partial charge in [-0.2, -0.15) is 0 Å². The van der Waals surface area contributed by atoms with Gasteiger partial charge in [0.15, 0.2) is 0 Å². The molecule has 0 fully saturated rings. The number of hydrogen-bond acceptors (Lipinski definition) is 5. The standard InChI is InChI=1S/C12H20N2O4S/c1-3-18-7-6-14-19(15,16)11-4-5-12(17-2)10(8-11)9-13/h4-5,8,14H,3,6-7,9,13H2,1-2H3. The first-order valence-electron chi connectivity index (χ1n) is 5.99.